The van der Waals surface area contributed by atoms with Crippen LogP contribution < -0.4 is 15.5 Å². The second kappa shape index (κ2) is 9.71. The third kappa shape index (κ3) is 4.09. The number of para-hydroxylation sites is 1. The van der Waals surface area contributed by atoms with Gasteiger partial charge in [0, 0.05) is 5.69 Å². The van der Waals surface area contributed by atoms with Crippen molar-refractivity contribution in [3.05, 3.63) is 83.1 Å². The Morgan fingerprint density at radius 3 is 2.20 bits per heavy atom. The molecule has 0 bridgehead atoms. The number of nitrogens with one attached hydrogen (secondary N) is 4. The molecule has 0 spiro atoms. The van der Waals surface area contributed by atoms with E-state index in [9.17, 15) is 0 Å². The molecule has 3 saturated heterocycles. The molecule has 6 heterocycles. The van der Waals surface area contributed by atoms with Crippen LogP contribution in [0, 0.1) is 6.92 Å². The highest BCUT2D eigenvalue weighted by Gasteiger charge is 2.37. The predicted octanol–water partition coefficient (Wildman–Crippen LogP) is 6.07. The van der Waals surface area contributed by atoms with Crippen molar-refractivity contribution in [1.82, 2.24) is 35.6 Å². The first-order chi connectivity index (χ1) is 19.7. The van der Waals surface area contributed by atoms with Crippen LogP contribution in [-0.4, -0.2) is 38.0 Å². The summed E-state index contributed by atoms with van der Waals surface area (Å²) < 4.78 is 0. The molecule has 8 rings (SSSR count). The van der Waals surface area contributed by atoms with Crippen LogP contribution >= 0.6 is 0 Å². The number of hydrogen-bond acceptors (Lipinski definition) is 6. The summed E-state index contributed by atoms with van der Waals surface area (Å²) in [6.07, 6.45) is 6.77. The second-order valence-corrected chi connectivity index (χ2v) is 11.7. The molecule has 0 radical (unpaired) electrons. The average Bonchev–Trinajstić information content (AvgIpc) is 3.81. The molecular weight excluding hydrogens is 496 g/mol. The third-order valence-electron chi connectivity index (χ3n) is 9.17. The van der Waals surface area contributed by atoms with Crippen molar-refractivity contribution < 1.29 is 0 Å². The highest BCUT2D eigenvalue weighted by Crippen LogP contribution is 2.47. The molecular formula is C32H36N8. The van der Waals surface area contributed by atoms with E-state index in [0.29, 0.717) is 12.1 Å². The number of aryl methyl sites for hydroxylation is 1. The van der Waals surface area contributed by atoms with Gasteiger partial charge in [0.1, 0.15) is 11.6 Å². The van der Waals surface area contributed by atoms with Crippen molar-refractivity contribution in [2.24, 2.45) is 0 Å². The molecule has 0 saturated carbocycles. The van der Waals surface area contributed by atoms with Crippen molar-refractivity contribution in [1.29, 1.82) is 0 Å². The lowest BCUT2D eigenvalue weighted by Gasteiger charge is -2.33. The zero-order valence-corrected chi connectivity index (χ0v) is 23.0. The Balaban J connectivity index is 1.17. The molecule has 4 N–H and O–H groups in total. The fourth-order valence-electron chi connectivity index (χ4n) is 7.20. The summed E-state index contributed by atoms with van der Waals surface area (Å²) in [6.45, 7) is 4.32. The van der Waals surface area contributed by atoms with E-state index in [1.54, 1.807) is 0 Å². The Hall–Kier alpha value is -3.75. The fourth-order valence-corrected chi connectivity index (χ4v) is 7.20. The third-order valence-corrected chi connectivity index (χ3v) is 9.17. The molecule has 3 unspecified atom stereocenters. The van der Waals surface area contributed by atoms with Crippen molar-refractivity contribution >= 4 is 27.9 Å². The standard InChI is InChI=1S/C32H36N8/c1-19-17-26-32(39-31(37-26)24-10-6-16-34-24)38-29(19)28-14-13-27(40(28)21-7-3-2-4-8-21)20-11-12-22-25(18-20)36-30(35-22)23-9-5-15-33-23/h2-4,7-8,11-12,17-18,23-24,27-28,33-34H,5-6,9-10,13-16H2,1H3,(H,35,36)(H,37,38,39)/t23?,24?,27?,28-/m1/s1. The van der Waals surface area contributed by atoms with Crippen LogP contribution in [-0.2, 0) is 0 Å². The number of hydrogen-bond donors (Lipinski definition) is 4. The molecule has 204 valence electrons. The summed E-state index contributed by atoms with van der Waals surface area (Å²) in [5.41, 5.74) is 8.92. The van der Waals surface area contributed by atoms with Crippen LogP contribution in [0.2, 0.25) is 0 Å². The number of H-pyrrole nitrogens is 2. The summed E-state index contributed by atoms with van der Waals surface area (Å²) in [7, 11) is 0. The first-order valence-electron chi connectivity index (χ1n) is 14.9. The monoisotopic (exact) mass is 532 g/mol. The highest BCUT2D eigenvalue weighted by molar-refractivity contribution is 5.77. The number of rotatable bonds is 5. The molecule has 8 heteroatoms. The van der Waals surface area contributed by atoms with Gasteiger partial charge in [-0.1, -0.05) is 24.3 Å². The van der Waals surface area contributed by atoms with Crippen molar-refractivity contribution in [2.75, 3.05) is 18.0 Å². The minimum Gasteiger partial charge on any atom is -0.356 e. The quantitative estimate of drug-likeness (QED) is 0.219. The van der Waals surface area contributed by atoms with Gasteiger partial charge in [0.25, 0.3) is 0 Å². The lowest BCUT2D eigenvalue weighted by Crippen LogP contribution is -2.27. The zero-order chi connectivity index (χ0) is 26.6. The molecule has 2 aromatic carbocycles. The molecule has 40 heavy (non-hydrogen) atoms. The van der Waals surface area contributed by atoms with E-state index in [1.165, 1.54) is 29.7 Å². The SMILES string of the molecule is Cc1cc2[nH]c(C3CCCN3)nc2nc1[C@H]1CCC(c2ccc3nc(C4CCCN4)[nH]c3c2)N1c1ccccc1. The smallest absolute Gasteiger partial charge is 0.178 e. The van der Waals surface area contributed by atoms with Crippen LogP contribution in [0.1, 0.15) is 91.2 Å². The number of imidazole rings is 2. The van der Waals surface area contributed by atoms with Crippen molar-refractivity contribution in [3.8, 4) is 0 Å². The molecule has 8 nitrogen and oxygen atoms in total. The highest BCUT2D eigenvalue weighted by atomic mass is 15.2. The van der Waals surface area contributed by atoms with Gasteiger partial charge in [0.2, 0.25) is 0 Å². The van der Waals surface area contributed by atoms with E-state index in [1.807, 2.05) is 0 Å². The van der Waals surface area contributed by atoms with Crippen molar-refractivity contribution in [2.45, 2.75) is 69.6 Å². The largest absolute Gasteiger partial charge is 0.356 e. The summed E-state index contributed by atoms with van der Waals surface area (Å²) >= 11 is 0. The number of aromatic amines is 2. The molecule has 3 aliphatic heterocycles. The van der Waals surface area contributed by atoms with E-state index >= 15 is 0 Å². The molecule has 3 fully saturated rings. The zero-order valence-electron chi connectivity index (χ0n) is 23.0. The Morgan fingerprint density at radius 1 is 0.725 bits per heavy atom. The van der Waals surface area contributed by atoms with Crippen LogP contribution in [0.4, 0.5) is 5.69 Å². The van der Waals surface area contributed by atoms with Gasteiger partial charge in [-0.15, -0.1) is 0 Å². The average molecular weight is 533 g/mol. The minimum atomic E-state index is 0.178. The van der Waals surface area contributed by atoms with E-state index in [-0.39, 0.29) is 12.1 Å². The summed E-state index contributed by atoms with van der Waals surface area (Å²) in [5.74, 6) is 2.08. The van der Waals surface area contributed by atoms with Crippen LogP contribution in [0.15, 0.2) is 54.6 Å². The van der Waals surface area contributed by atoms with E-state index in [2.05, 4.69) is 87.0 Å². The molecule has 0 amide bonds. The minimum absolute atomic E-state index is 0.178. The predicted molar refractivity (Wildman–Crippen MR) is 158 cm³/mol. The Labute approximate surface area is 234 Å². The maximum absolute atomic E-state index is 5.22. The maximum Gasteiger partial charge on any atom is 0.178 e. The molecule has 3 aromatic heterocycles. The summed E-state index contributed by atoms with van der Waals surface area (Å²) in [5, 5.41) is 7.13. The molecule has 5 aromatic rings. The van der Waals surface area contributed by atoms with Gasteiger partial charge in [-0.2, -0.15) is 0 Å². The Kier molecular flexibility index (Phi) is 5.85. The number of fused-ring (bicyclic) bond motifs is 2. The number of pyridine rings is 1. The number of nitrogens with zero attached hydrogens (tertiary/aromatic N) is 4. The van der Waals surface area contributed by atoms with Gasteiger partial charge in [0.15, 0.2) is 5.65 Å². The van der Waals surface area contributed by atoms with Gasteiger partial charge in [-0.25, -0.2) is 15.0 Å². The summed E-state index contributed by atoms with van der Waals surface area (Å²) in [6, 6.07) is 20.9. The van der Waals surface area contributed by atoms with Gasteiger partial charge in [-0.05, 0) is 100.0 Å². The molecule has 4 atom stereocenters. The first kappa shape index (κ1) is 24.1. The van der Waals surface area contributed by atoms with Gasteiger partial charge < -0.3 is 25.5 Å². The van der Waals surface area contributed by atoms with Crippen LogP contribution in [0.5, 0.6) is 0 Å². The Bertz CT molecular complexity index is 1660. The fraction of sp³-hybridized carbons (Fsp3) is 0.406. The second-order valence-electron chi connectivity index (χ2n) is 11.7. The number of benzene rings is 2. The van der Waals surface area contributed by atoms with Crippen molar-refractivity contribution in [3.63, 3.8) is 0 Å². The van der Waals surface area contributed by atoms with Crippen LogP contribution in [0.3, 0.4) is 0 Å². The number of aromatic nitrogens is 5. The van der Waals surface area contributed by atoms with Gasteiger partial charge in [0.05, 0.1) is 46.4 Å². The first-order valence-corrected chi connectivity index (χ1v) is 14.9. The van der Waals surface area contributed by atoms with Gasteiger partial charge >= 0.3 is 0 Å². The topological polar surface area (TPSA) is 97.5 Å². The van der Waals surface area contributed by atoms with E-state index in [4.69, 9.17) is 15.0 Å². The molecule has 0 aliphatic carbocycles. The lowest BCUT2D eigenvalue weighted by molar-refractivity contribution is 0.614. The Morgan fingerprint density at radius 2 is 1.45 bits per heavy atom. The number of anilines is 1. The van der Waals surface area contributed by atoms with Crippen LogP contribution in [0.25, 0.3) is 22.2 Å². The summed E-state index contributed by atoms with van der Waals surface area (Å²) in [4.78, 5) is 24.8. The van der Waals surface area contributed by atoms with Gasteiger partial charge in [-0.3, -0.25) is 0 Å². The molecule has 3 aliphatic rings. The van der Waals surface area contributed by atoms with E-state index in [0.717, 1.165) is 78.3 Å². The van der Waals surface area contributed by atoms with E-state index < -0.39 is 0 Å². The maximum atomic E-state index is 5.22. The normalized spacial score (nSPS) is 25.1. The lowest BCUT2D eigenvalue weighted by atomic mass is 10.0.